The molecule has 3 unspecified atom stereocenters. The number of carbonyl (C=O) groups is 2. The second-order valence-corrected chi connectivity index (χ2v) is 14.0. The summed E-state index contributed by atoms with van der Waals surface area (Å²) < 4.78 is 39.7. The van der Waals surface area contributed by atoms with Crippen LogP contribution in [0.2, 0.25) is 0 Å². The average molecular weight is 620 g/mol. The molecule has 0 radical (unpaired) electrons. The van der Waals surface area contributed by atoms with Gasteiger partial charge in [-0.25, -0.2) is 17.2 Å². The lowest BCUT2D eigenvalue weighted by atomic mass is 9.89. The summed E-state index contributed by atoms with van der Waals surface area (Å²) in [4.78, 5) is 32.0. The molecule has 3 fully saturated rings. The van der Waals surface area contributed by atoms with E-state index in [1.165, 1.54) is 3.97 Å². The Morgan fingerprint density at radius 3 is 2.57 bits per heavy atom. The normalized spacial score (nSPS) is 24.9. The van der Waals surface area contributed by atoms with Crippen LogP contribution in [0.5, 0.6) is 0 Å². The Labute approximate surface area is 257 Å². The van der Waals surface area contributed by atoms with E-state index in [0.717, 1.165) is 16.5 Å². The lowest BCUT2D eigenvalue weighted by Gasteiger charge is -2.43. The third-order valence-electron chi connectivity index (χ3n) is 8.95. The van der Waals surface area contributed by atoms with Gasteiger partial charge in [0.05, 0.1) is 29.7 Å². The third-order valence-corrected chi connectivity index (χ3v) is 10.6. The maximum Gasteiger partial charge on any atom is 0.410 e. The van der Waals surface area contributed by atoms with E-state index in [-0.39, 0.29) is 16.7 Å². The number of benzene rings is 2. The van der Waals surface area contributed by atoms with Crippen LogP contribution in [0.3, 0.4) is 0 Å². The van der Waals surface area contributed by atoms with E-state index in [1.807, 2.05) is 32.0 Å². The molecule has 3 aromatic rings. The number of carbonyl (C=O) groups excluding carboxylic acids is 2. The van der Waals surface area contributed by atoms with Crippen molar-refractivity contribution in [3.05, 3.63) is 65.9 Å². The Balaban J connectivity index is 1.22. The van der Waals surface area contributed by atoms with E-state index in [1.54, 1.807) is 46.3 Å². The standard InChI is InChI=1S/C32H37N5O6S/c1-23-7-9-26(10-8-23)44(40,41)37-20-25(27-5-3-4-6-28(27)37)19-34-12-11-32(21-33,22-34)36-18-24(2)17-29(30(36)38)43-31(39)35-13-15-42-16-14-35/h3-10,20,24,29H,11-19,22H2,1-2H3. The van der Waals surface area contributed by atoms with Gasteiger partial charge in [-0.15, -0.1) is 0 Å². The number of ether oxygens (including phenoxy) is 2. The number of piperidine rings is 1. The molecule has 11 nitrogen and oxygen atoms in total. The lowest BCUT2D eigenvalue weighted by Crippen LogP contribution is -2.60. The summed E-state index contributed by atoms with van der Waals surface area (Å²) in [5.41, 5.74) is 1.29. The van der Waals surface area contributed by atoms with Crippen molar-refractivity contribution in [1.29, 1.82) is 5.26 Å². The highest BCUT2D eigenvalue weighted by atomic mass is 32.2. The van der Waals surface area contributed by atoms with E-state index in [0.29, 0.717) is 70.8 Å². The highest BCUT2D eigenvalue weighted by molar-refractivity contribution is 7.90. The number of fused-ring (bicyclic) bond motifs is 1. The summed E-state index contributed by atoms with van der Waals surface area (Å²) in [6.07, 6.45) is 1.04. The average Bonchev–Trinajstić information content (AvgIpc) is 3.62. The smallest absolute Gasteiger partial charge is 0.410 e. The number of aromatic nitrogens is 1. The van der Waals surface area contributed by atoms with Crippen LogP contribution in [-0.4, -0.2) is 96.7 Å². The van der Waals surface area contributed by atoms with Crippen LogP contribution in [-0.2, 0) is 30.8 Å². The zero-order valence-corrected chi connectivity index (χ0v) is 25.8. The number of aryl methyl sites for hydroxylation is 1. The Morgan fingerprint density at radius 2 is 1.84 bits per heavy atom. The number of hydrogen-bond acceptors (Lipinski definition) is 8. The van der Waals surface area contributed by atoms with Crippen LogP contribution in [0.4, 0.5) is 4.79 Å². The van der Waals surface area contributed by atoms with Crippen molar-refractivity contribution in [3.63, 3.8) is 0 Å². The van der Waals surface area contributed by atoms with Crippen LogP contribution in [0.25, 0.3) is 10.9 Å². The molecule has 3 atom stereocenters. The van der Waals surface area contributed by atoms with Gasteiger partial charge in [-0.3, -0.25) is 9.69 Å². The molecule has 2 amide bonds. The van der Waals surface area contributed by atoms with Crippen molar-refractivity contribution < 1.29 is 27.5 Å². The highest BCUT2D eigenvalue weighted by Crippen LogP contribution is 2.35. The molecular weight excluding hydrogens is 582 g/mol. The maximum atomic E-state index is 13.7. The highest BCUT2D eigenvalue weighted by Gasteiger charge is 2.50. The number of rotatable bonds is 6. The maximum absolute atomic E-state index is 13.7. The molecule has 0 saturated carbocycles. The molecule has 4 heterocycles. The molecule has 0 N–H and O–H groups in total. The monoisotopic (exact) mass is 619 g/mol. The molecule has 6 rings (SSSR count). The van der Waals surface area contributed by atoms with Gasteiger partial charge in [0, 0.05) is 50.9 Å². The summed E-state index contributed by atoms with van der Waals surface area (Å²) in [6, 6.07) is 16.6. The minimum Gasteiger partial charge on any atom is -0.436 e. The van der Waals surface area contributed by atoms with E-state index in [2.05, 4.69) is 11.0 Å². The quantitative estimate of drug-likeness (QED) is 0.412. The topological polar surface area (TPSA) is 125 Å². The fourth-order valence-electron chi connectivity index (χ4n) is 6.53. The molecule has 1 aromatic heterocycles. The van der Waals surface area contributed by atoms with E-state index in [4.69, 9.17) is 9.47 Å². The summed E-state index contributed by atoms with van der Waals surface area (Å²) in [6.45, 7) is 7.26. The van der Waals surface area contributed by atoms with Crippen molar-refractivity contribution in [1.82, 2.24) is 18.7 Å². The van der Waals surface area contributed by atoms with Crippen molar-refractivity contribution in [2.45, 2.75) is 49.8 Å². The van der Waals surface area contributed by atoms with Crippen molar-refractivity contribution in [3.8, 4) is 6.07 Å². The van der Waals surface area contributed by atoms with Crippen molar-refractivity contribution in [2.75, 3.05) is 45.9 Å². The van der Waals surface area contributed by atoms with Gasteiger partial charge >= 0.3 is 6.09 Å². The van der Waals surface area contributed by atoms with E-state index >= 15 is 0 Å². The lowest BCUT2D eigenvalue weighted by molar-refractivity contribution is -0.152. The first-order valence-electron chi connectivity index (χ1n) is 15.0. The van der Waals surface area contributed by atoms with Gasteiger partial charge in [0.25, 0.3) is 15.9 Å². The van der Waals surface area contributed by atoms with Crippen LogP contribution in [0.15, 0.2) is 59.6 Å². The predicted octanol–water partition coefficient (Wildman–Crippen LogP) is 3.36. The summed E-state index contributed by atoms with van der Waals surface area (Å²) in [5.74, 6) is -0.298. The first-order valence-corrected chi connectivity index (χ1v) is 16.4. The summed E-state index contributed by atoms with van der Waals surface area (Å²) >= 11 is 0. The first kappa shape index (κ1) is 30.1. The molecule has 3 aliphatic heterocycles. The second kappa shape index (κ2) is 11.9. The Hall–Kier alpha value is -3.92. The fraction of sp³-hybridized carbons (Fsp3) is 0.469. The molecule has 0 aliphatic carbocycles. The van der Waals surface area contributed by atoms with Gasteiger partial charge in [-0.05, 0) is 49.4 Å². The second-order valence-electron chi connectivity index (χ2n) is 12.2. The van der Waals surface area contributed by atoms with Crippen LogP contribution in [0.1, 0.15) is 30.9 Å². The van der Waals surface area contributed by atoms with Gasteiger partial charge in [-0.1, -0.05) is 42.8 Å². The number of amides is 2. The van der Waals surface area contributed by atoms with E-state index < -0.39 is 27.8 Å². The Morgan fingerprint density at radius 1 is 1.11 bits per heavy atom. The SMILES string of the molecule is Cc1ccc(S(=O)(=O)n2cc(CN3CCC(C#N)(N4CC(C)CC(OC(=O)N5CCOCC5)C4=O)C3)c3ccccc32)cc1. The van der Waals surface area contributed by atoms with Gasteiger partial charge in [-0.2, -0.15) is 5.26 Å². The van der Waals surface area contributed by atoms with Crippen molar-refractivity contribution in [2.24, 2.45) is 5.92 Å². The van der Waals surface area contributed by atoms with Gasteiger partial charge in [0.2, 0.25) is 0 Å². The number of hydrogen-bond donors (Lipinski definition) is 0. The molecule has 232 valence electrons. The molecule has 3 aliphatic rings. The van der Waals surface area contributed by atoms with Crippen LogP contribution < -0.4 is 0 Å². The van der Waals surface area contributed by atoms with Crippen LogP contribution >= 0.6 is 0 Å². The number of nitrogens with zero attached hydrogens (tertiary/aromatic N) is 5. The van der Waals surface area contributed by atoms with Gasteiger partial charge in [0.15, 0.2) is 6.10 Å². The number of likely N-dealkylation sites (tertiary alicyclic amines) is 2. The molecule has 44 heavy (non-hydrogen) atoms. The number of morpholine rings is 1. The molecular formula is C32H37N5O6S. The van der Waals surface area contributed by atoms with Crippen LogP contribution in [0, 0.1) is 24.2 Å². The summed E-state index contributed by atoms with van der Waals surface area (Å²) in [7, 11) is -3.84. The largest absolute Gasteiger partial charge is 0.436 e. The number of nitriles is 1. The minimum absolute atomic E-state index is 0.0411. The molecule has 12 heteroatoms. The molecule has 0 bridgehead atoms. The van der Waals surface area contributed by atoms with E-state index in [9.17, 15) is 23.3 Å². The zero-order valence-electron chi connectivity index (χ0n) is 25.0. The third kappa shape index (κ3) is 5.56. The Kier molecular flexibility index (Phi) is 8.13. The molecule has 2 aromatic carbocycles. The van der Waals surface area contributed by atoms with Gasteiger partial charge < -0.3 is 19.3 Å². The Bertz CT molecular complexity index is 1710. The fourth-order valence-corrected chi connectivity index (χ4v) is 7.92. The number of para-hydroxylation sites is 1. The van der Waals surface area contributed by atoms with Crippen molar-refractivity contribution >= 4 is 32.9 Å². The van der Waals surface area contributed by atoms with Gasteiger partial charge in [0.1, 0.15) is 5.54 Å². The minimum atomic E-state index is -3.84. The zero-order chi connectivity index (χ0) is 31.1. The first-order chi connectivity index (χ1) is 21.1. The molecule has 0 spiro atoms. The molecule has 3 saturated heterocycles. The summed E-state index contributed by atoms with van der Waals surface area (Å²) in [5, 5.41) is 11.3. The predicted molar refractivity (Wildman–Crippen MR) is 162 cm³/mol.